The molecule has 102 valence electrons. The first-order valence-corrected chi connectivity index (χ1v) is 9.47. The molecule has 2 radical (unpaired) electrons. The minimum atomic E-state index is 1.02. The van der Waals surface area contributed by atoms with Crippen LogP contribution in [0.15, 0.2) is 0 Å². The summed E-state index contributed by atoms with van der Waals surface area (Å²) < 4.78 is 0. The zero-order chi connectivity index (χ0) is 12.8. The fraction of sp³-hybridized carbons (Fsp3) is 1.00. The first kappa shape index (κ1) is 17.2. The molecule has 0 nitrogen and oxygen atoms in total. The molecule has 0 aliphatic rings. The van der Waals surface area contributed by atoms with E-state index < -0.39 is 0 Å². The molecule has 1 heteroatoms. The molecule has 0 aliphatic carbocycles. The molecular weight excluding hydrogens is 220 g/mol. The predicted octanol–water partition coefficient (Wildman–Crippen LogP) is 6.10. The summed E-state index contributed by atoms with van der Waals surface area (Å²) in [4.78, 5) is 0. The van der Waals surface area contributed by atoms with E-state index in [2.05, 4.69) is 20.8 Å². The lowest BCUT2D eigenvalue weighted by Crippen LogP contribution is -2.01. The molecular formula is C16H34Si. The predicted molar refractivity (Wildman–Crippen MR) is 82.1 cm³/mol. The topological polar surface area (TPSA) is 0 Å². The molecule has 0 spiro atoms. The Labute approximate surface area is 113 Å². The maximum atomic E-state index is 2.34. The average molecular weight is 255 g/mol. The van der Waals surface area contributed by atoms with Crippen LogP contribution in [0.4, 0.5) is 0 Å². The molecule has 0 bridgehead atoms. The summed E-state index contributed by atoms with van der Waals surface area (Å²) in [6, 6.07) is 3.01. The molecule has 0 aromatic rings. The summed E-state index contributed by atoms with van der Waals surface area (Å²) in [5.74, 6) is 1.02. The minimum absolute atomic E-state index is 1.02. The lowest BCUT2D eigenvalue weighted by Gasteiger charge is -2.10. The molecule has 0 heterocycles. The second kappa shape index (κ2) is 14.3. The lowest BCUT2D eigenvalue weighted by atomic mass is 10.1. The van der Waals surface area contributed by atoms with Crippen molar-refractivity contribution in [1.82, 2.24) is 0 Å². The molecule has 0 fully saturated rings. The summed E-state index contributed by atoms with van der Waals surface area (Å²) in [6.45, 7) is 6.98. The molecule has 0 amide bonds. The standard InChI is InChI=1S/C16H34Si/c1-4-7-8-9-10-11-12-13-14-17-15-16(5-2)6-3/h16H,4-15H2,1-3H3. The van der Waals surface area contributed by atoms with Crippen molar-refractivity contribution in [2.75, 3.05) is 0 Å². The van der Waals surface area contributed by atoms with Crippen molar-refractivity contribution in [3.63, 3.8) is 0 Å². The van der Waals surface area contributed by atoms with Gasteiger partial charge in [0, 0.05) is 9.52 Å². The van der Waals surface area contributed by atoms with Crippen LogP contribution in [0.3, 0.4) is 0 Å². The van der Waals surface area contributed by atoms with E-state index in [4.69, 9.17) is 0 Å². The summed E-state index contributed by atoms with van der Waals surface area (Å²) in [7, 11) is 1.24. The highest BCUT2D eigenvalue weighted by molar-refractivity contribution is 6.35. The van der Waals surface area contributed by atoms with Gasteiger partial charge in [0.1, 0.15) is 0 Å². The van der Waals surface area contributed by atoms with E-state index in [0.717, 1.165) is 5.92 Å². The Hall–Kier alpha value is 0.217. The third-order valence-corrected chi connectivity index (χ3v) is 5.37. The van der Waals surface area contributed by atoms with E-state index in [0.29, 0.717) is 0 Å². The highest BCUT2D eigenvalue weighted by atomic mass is 28.2. The molecule has 0 aromatic heterocycles. The average Bonchev–Trinajstić information content (AvgIpc) is 2.36. The molecule has 0 rings (SSSR count). The van der Waals surface area contributed by atoms with Gasteiger partial charge in [0.2, 0.25) is 0 Å². The van der Waals surface area contributed by atoms with Gasteiger partial charge in [-0.15, -0.1) is 0 Å². The number of unbranched alkanes of at least 4 members (excludes halogenated alkanes) is 7. The summed E-state index contributed by atoms with van der Waals surface area (Å²) in [5.41, 5.74) is 0. The Kier molecular flexibility index (Phi) is 14.5. The van der Waals surface area contributed by atoms with Crippen molar-refractivity contribution in [3.05, 3.63) is 0 Å². The largest absolute Gasteiger partial charge is 0.0654 e. The van der Waals surface area contributed by atoms with Gasteiger partial charge in [0.25, 0.3) is 0 Å². The molecule has 0 atom stereocenters. The second-order valence-corrected chi connectivity index (χ2v) is 6.77. The third kappa shape index (κ3) is 12.5. The number of hydrogen-bond acceptors (Lipinski definition) is 0. The summed E-state index contributed by atoms with van der Waals surface area (Å²) in [5, 5.41) is 0. The normalized spacial score (nSPS) is 11.3. The van der Waals surface area contributed by atoms with Gasteiger partial charge in [-0.1, -0.05) is 97.1 Å². The highest BCUT2D eigenvalue weighted by Gasteiger charge is 2.02. The van der Waals surface area contributed by atoms with Gasteiger partial charge in [-0.05, 0) is 5.92 Å². The van der Waals surface area contributed by atoms with Crippen LogP contribution in [0.25, 0.3) is 0 Å². The first-order valence-electron chi connectivity index (χ1n) is 8.05. The van der Waals surface area contributed by atoms with Crippen LogP contribution in [0, 0.1) is 5.92 Å². The van der Waals surface area contributed by atoms with E-state index in [1.54, 1.807) is 0 Å². The van der Waals surface area contributed by atoms with Crippen molar-refractivity contribution in [2.24, 2.45) is 5.92 Å². The van der Waals surface area contributed by atoms with Crippen LogP contribution < -0.4 is 0 Å². The Morgan fingerprint density at radius 2 is 1.24 bits per heavy atom. The van der Waals surface area contributed by atoms with Crippen LogP contribution in [-0.4, -0.2) is 9.52 Å². The highest BCUT2D eigenvalue weighted by Crippen LogP contribution is 2.15. The summed E-state index contributed by atoms with van der Waals surface area (Å²) >= 11 is 0. The maximum Gasteiger partial charge on any atom is 0.0380 e. The van der Waals surface area contributed by atoms with E-state index in [1.165, 1.54) is 85.8 Å². The van der Waals surface area contributed by atoms with Gasteiger partial charge in [-0.2, -0.15) is 0 Å². The number of hydrogen-bond donors (Lipinski definition) is 0. The van der Waals surface area contributed by atoms with Crippen LogP contribution >= 0.6 is 0 Å². The van der Waals surface area contributed by atoms with Gasteiger partial charge in [0.05, 0.1) is 0 Å². The maximum absolute atomic E-state index is 2.34. The number of rotatable bonds is 13. The smallest absolute Gasteiger partial charge is 0.0380 e. The molecule has 0 saturated heterocycles. The molecule has 0 aliphatic heterocycles. The second-order valence-electron chi connectivity index (χ2n) is 5.36. The van der Waals surface area contributed by atoms with E-state index in [-0.39, 0.29) is 0 Å². The molecule has 0 unspecified atom stereocenters. The fourth-order valence-corrected chi connectivity index (χ4v) is 3.96. The Bertz CT molecular complexity index is 129. The quantitative estimate of drug-likeness (QED) is 0.275. The van der Waals surface area contributed by atoms with Gasteiger partial charge < -0.3 is 0 Å². The van der Waals surface area contributed by atoms with Gasteiger partial charge >= 0.3 is 0 Å². The Balaban J connectivity index is 3.03. The summed E-state index contributed by atoms with van der Waals surface area (Å²) in [6.07, 6.45) is 14.5. The molecule has 17 heavy (non-hydrogen) atoms. The van der Waals surface area contributed by atoms with E-state index >= 15 is 0 Å². The fourth-order valence-electron chi connectivity index (χ4n) is 2.27. The van der Waals surface area contributed by atoms with Crippen LogP contribution in [-0.2, 0) is 0 Å². The van der Waals surface area contributed by atoms with E-state index in [9.17, 15) is 0 Å². The van der Waals surface area contributed by atoms with Gasteiger partial charge in [-0.25, -0.2) is 0 Å². The first-order chi connectivity index (χ1) is 8.35. The minimum Gasteiger partial charge on any atom is -0.0654 e. The zero-order valence-corrected chi connectivity index (χ0v) is 13.6. The molecule has 0 N–H and O–H groups in total. The Morgan fingerprint density at radius 3 is 1.76 bits per heavy atom. The monoisotopic (exact) mass is 254 g/mol. The van der Waals surface area contributed by atoms with Crippen molar-refractivity contribution in [3.8, 4) is 0 Å². The zero-order valence-electron chi connectivity index (χ0n) is 12.6. The van der Waals surface area contributed by atoms with Gasteiger partial charge in [0.15, 0.2) is 0 Å². The van der Waals surface area contributed by atoms with E-state index in [1.807, 2.05) is 0 Å². The molecule has 0 aromatic carbocycles. The van der Waals surface area contributed by atoms with Crippen LogP contribution in [0.1, 0.15) is 85.0 Å². The SMILES string of the molecule is CCCCCCCCCC[Si]CC(CC)CC. The van der Waals surface area contributed by atoms with Crippen molar-refractivity contribution in [2.45, 2.75) is 97.1 Å². The van der Waals surface area contributed by atoms with Gasteiger partial charge in [-0.3, -0.25) is 0 Å². The third-order valence-electron chi connectivity index (χ3n) is 3.79. The molecule has 0 saturated carbocycles. The van der Waals surface area contributed by atoms with Crippen LogP contribution in [0.2, 0.25) is 12.1 Å². The van der Waals surface area contributed by atoms with Crippen LogP contribution in [0.5, 0.6) is 0 Å². The lowest BCUT2D eigenvalue weighted by molar-refractivity contribution is 0.540. The van der Waals surface area contributed by atoms with Crippen molar-refractivity contribution >= 4 is 9.52 Å². The van der Waals surface area contributed by atoms with Crippen molar-refractivity contribution < 1.29 is 0 Å². The van der Waals surface area contributed by atoms with Crippen molar-refractivity contribution in [1.29, 1.82) is 0 Å². The Morgan fingerprint density at radius 1 is 0.706 bits per heavy atom.